The third kappa shape index (κ3) is 1.93. The number of aliphatic hydroxyl groups is 1. The minimum absolute atomic E-state index is 0.175. The molecule has 0 amide bonds. The molecule has 2 saturated heterocycles. The summed E-state index contributed by atoms with van der Waals surface area (Å²) in [5.41, 5.74) is 0. The molecule has 0 saturated carbocycles. The van der Waals surface area contributed by atoms with Crippen LogP contribution in [-0.2, 0) is 4.74 Å². The maximum Gasteiger partial charge on any atom is 0.0948 e. The first-order chi connectivity index (χ1) is 5.86. The molecule has 12 heavy (non-hydrogen) atoms. The molecule has 3 unspecified atom stereocenters. The van der Waals surface area contributed by atoms with E-state index in [0.717, 1.165) is 0 Å². The Hall–Kier alpha value is 0.230. The Bertz CT molecular complexity index is 150. The van der Waals surface area contributed by atoms with Crippen LogP contribution >= 0.6 is 11.8 Å². The van der Waals surface area contributed by atoms with Crippen LogP contribution in [-0.4, -0.2) is 48.0 Å². The van der Waals surface area contributed by atoms with E-state index >= 15 is 0 Å². The van der Waals surface area contributed by atoms with Gasteiger partial charge in [-0.3, -0.25) is 0 Å². The third-order valence-electron chi connectivity index (χ3n) is 2.43. The predicted octanol–water partition coefficient (Wildman–Crippen LogP) is -0.159. The monoisotopic (exact) mass is 189 g/mol. The maximum atomic E-state index is 9.45. The molecule has 2 fully saturated rings. The molecule has 4 heteroatoms. The minimum Gasteiger partial charge on any atom is -0.389 e. The van der Waals surface area contributed by atoms with E-state index in [4.69, 9.17) is 4.74 Å². The van der Waals surface area contributed by atoms with Crippen molar-refractivity contribution in [1.82, 2.24) is 5.32 Å². The third-order valence-corrected chi connectivity index (χ3v) is 3.59. The van der Waals surface area contributed by atoms with Crippen LogP contribution < -0.4 is 5.32 Å². The first kappa shape index (κ1) is 8.81. The van der Waals surface area contributed by atoms with E-state index in [1.54, 1.807) is 0 Å². The van der Waals surface area contributed by atoms with Gasteiger partial charge in [0.05, 0.1) is 25.4 Å². The predicted molar refractivity (Wildman–Crippen MR) is 49.5 cm³/mol. The Morgan fingerprint density at radius 2 is 2.33 bits per heavy atom. The topological polar surface area (TPSA) is 41.5 Å². The van der Waals surface area contributed by atoms with Crippen LogP contribution in [0.3, 0.4) is 0 Å². The van der Waals surface area contributed by atoms with E-state index in [9.17, 15) is 5.11 Å². The summed E-state index contributed by atoms with van der Waals surface area (Å²) in [6.07, 6.45) is 0.934. The Balaban J connectivity index is 1.77. The lowest BCUT2D eigenvalue weighted by molar-refractivity contribution is 0.121. The van der Waals surface area contributed by atoms with E-state index in [0.29, 0.717) is 19.3 Å². The van der Waals surface area contributed by atoms with E-state index in [-0.39, 0.29) is 12.1 Å². The van der Waals surface area contributed by atoms with E-state index < -0.39 is 0 Å². The van der Waals surface area contributed by atoms with E-state index in [1.165, 1.54) is 17.9 Å². The molecule has 70 valence electrons. The minimum atomic E-state index is -0.296. The van der Waals surface area contributed by atoms with Crippen molar-refractivity contribution in [2.75, 3.05) is 24.7 Å². The van der Waals surface area contributed by atoms with Crippen molar-refractivity contribution in [3.8, 4) is 0 Å². The van der Waals surface area contributed by atoms with Crippen molar-refractivity contribution in [3.63, 3.8) is 0 Å². The lowest BCUT2D eigenvalue weighted by Gasteiger charge is -2.19. The van der Waals surface area contributed by atoms with E-state index in [1.807, 2.05) is 11.8 Å². The average molecular weight is 189 g/mol. The van der Waals surface area contributed by atoms with Crippen LogP contribution in [0.5, 0.6) is 0 Å². The van der Waals surface area contributed by atoms with Gasteiger partial charge in [0.15, 0.2) is 0 Å². The van der Waals surface area contributed by atoms with Crippen molar-refractivity contribution in [3.05, 3.63) is 0 Å². The van der Waals surface area contributed by atoms with Crippen LogP contribution in [0.25, 0.3) is 0 Å². The maximum absolute atomic E-state index is 9.45. The zero-order valence-electron chi connectivity index (χ0n) is 7.03. The summed E-state index contributed by atoms with van der Waals surface area (Å²) in [5, 5.41) is 12.9. The van der Waals surface area contributed by atoms with Crippen molar-refractivity contribution in [1.29, 1.82) is 0 Å². The highest BCUT2D eigenvalue weighted by Crippen LogP contribution is 2.18. The smallest absolute Gasteiger partial charge is 0.0948 e. The van der Waals surface area contributed by atoms with Gasteiger partial charge in [0.25, 0.3) is 0 Å². The quantitative estimate of drug-likeness (QED) is 0.633. The fraction of sp³-hybridized carbons (Fsp3) is 1.00. The zero-order chi connectivity index (χ0) is 8.39. The largest absolute Gasteiger partial charge is 0.389 e. The van der Waals surface area contributed by atoms with Crippen LogP contribution in [0.2, 0.25) is 0 Å². The molecule has 2 aliphatic rings. The summed E-state index contributed by atoms with van der Waals surface area (Å²) >= 11 is 1.98. The summed E-state index contributed by atoms with van der Waals surface area (Å²) in [6, 6.07) is 0.769. The molecule has 2 heterocycles. The van der Waals surface area contributed by atoms with Crippen molar-refractivity contribution >= 4 is 11.8 Å². The van der Waals surface area contributed by atoms with Gasteiger partial charge in [-0.1, -0.05) is 0 Å². The lowest BCUT2D eigenvalue weighted by Crippen LogP contribution is -2.44. The molecular formula is C8H15NO2S. The molecule has 0 aromatic heterocycles. The number of rotatable bonds is 2. The first-order valence-electron chi connectivity index (χ1n) is 4.46. The van der Waals surface area contributed by atoms with Gasteiger partial charge in [-0.25, -0.2) is 0 Å². The van der Waals surface area contributed by atoms with Crippen molar-refractivity contribution < 1.29 is 9.84 Å². The van der Waals surface area contributed by atoms with E-state index in [2.05, 4.69) is 5.32 Å². The van der Waals surface area contributed by atoms with Crippen LogP contribution in [0, 0.1) is 0 Å². The van der Waals surface area contributed by atoms with Crippen LogP contribution in [0.15, 0.2) is 0 Å². The Kier molecular flexibility index (Phi) is 2.91. The summed E-state index contributed by atoms with van der Waals surface area (Å²) < 4.78 is 5.16. The van der Waals surface area contributed by atoms with Crippen LogP contribution in [0.4, 0.5) is 0 Å². The van der Waals surface area contributed by atoms with Gasteiger partial charge < -0.3 is 15.2 Å². The number of hydrogen-bond donors (Lipinski definition) is 2. The average Bonchev–Trinajstić information content (AvgIpc) is 2.65. The highest BCUT2D eigenvalue weighted by molar-refractivity contribution is 7.99. The lowest BCUT2D eigenvalue weighted by atomic mass is 10.1. The van der Waals surface area contributed by atoms with Gasteiger partial charge in [0.1, 0.15) is 0 Å². The fourth-order valence-electron chi connectivity index (χ4n) is 1.67. The Morgan fingerprint density at radius 1 is 1.42 bits per heavy atom. The molecule has 2 rings (SSSR count). The molecule has 0 aromatic carbocycles. The van der Waals surface area contributed by atoms with Gasteiger partial charge >= 0.3 is 0 Å². The molecular weight excluding hydrogens is 174 g/mol. The van der Waals surface area contributed by atoms with Gasteiger partial charge in [-0.2, -0.15) is 11.8 Å². The summed E-state index contributed by atoms with van der Waals surface area (Å²) in [4.78, 5) is 0. The second kappa shape index (κ2) is 3.96. The molecule has 2 N–H and O–H groups in total. The first-order valence-corrected chi connectivity index (χ1v) is 5.61. The number of aliphatic hydroxyl groups excluding tert-OH is 1. The molecule has 0 spiro atoms. The Labute approximate surface area is 76.9 Å². The number of thioether (sulfide) groups is 1. The highest BCUT2D eigenvalue weighted by atomic mass is 32.2. The zero-order valence-corrected chi connectivity index (χ0v) is 7.85. The standard InChI is InChI=1S/C8H15NO2S/c10-8-4-11-3-7(8)9-6-1-2-12-5-6/h6-10H,1-5H2. The fourth-order valence-corrected chi connectivity index (χ4v) is 2.84. The van der Waals surface area contributed by atoms with Crippen LogP contribution in [0.1, 0.15) is 6.42 Å². The molecule has 0 aromatic rings. The van der Waals surface area contributed by atoms with Gasteiger partial charge in [0, 0.05) is 11.8 Å². The van der Waals surface area contributed by atoms with Crippen molar-refractivity contribution in [2.45, 2.75) is 24.6 Å². The number of hydrogen-bond acceptors (Lipinski definition) is 4. The molecule has 0 bridgehead atoms. The number of ether oxygens (including phenoxy) is 1. The summed E-state index contributed by atoms with van der Waals surface area (Å²) in [5.74, 6) is 2.44. The highest BCUT2D eigenvalue weighted by Gasteiger charge is 2.29. The normalized spacial score (nSPS) is 42.2. The van der Waals surface area contributed by atoms with Gasteiger partial charge in [0.2, 0.25) is 0 Å². The summed E-state index contributed by atoms with van der Waals surface area (Å²) in [6.45, 7) is 1.17. The SMILES string of the molecule is OC1COCC1NC1CCSC1. The summed E-state index contributed by atoms with van der Waals surface area (Å²) in [7, 11) is 0. The second-order valence-electron chi connectivity index (χ2n) is 3.44. The second-order valence-corrected chi connectivity index (χ2v) is 4.59. The van der Waals surface area contributed by atoms with Gasteiger partial charge in [-0.15, -0.1) is 0 Å². The molecule has 3 atom stereocenters. The molecule has 0 aliphatic carbocycles. The number of nitrogens with one attached hydrogen (secondary N) is 1. The van der Waals surface area contributed by atoms with Crippen molar-refractivity contribution in [2.24, 2.45) is 0 Å². The molecule has 2 aliphatic heterocycles. The molecule has 0 radical (unpaired) electrons. The molecule has 3 nitrogen and oxygen atoms in total. The van der Waals surface area contributed by atoms with Gasteiger partial charge in [-0.05, 0) is 12.2 Å². The Morgan fingerprint density at radius 3 is 2.92 bits per heavy atom.